The van der Waals surface area contributed by atoms with Crippen molar-refractivity contribution in [1.82, 2.24) is 4.90 Å². The van der Waals surface area contributed by atoms with Crippen LogP contribution in [0.4, 0.5) is 0 Å². The fourth-order valence-electron chi connectivity index (χ4n) is 1.69. The van der Waals surface area contributed by atoms with Crippen molar-refractivity contribution in [2.75, 3.05) is 33.0 Å². The number of hydrogen-bond donors (Lipinski definition) is 0. The largest absolute Gasteiger partial charge is 0.379 e. The maximum Gasteiger partial charge on any atom is 0.232 e. The van der Waals surface area contributed by atoms with Gasteiger partial charge in [-0.25, -0.2) is 0 Å². The van der Waals surface area contributed by atoms with E-state index in [0.29, 0.717) is 45.8 Å². The number of nitrogens with zero attached hydrogens (tertiary/aromatic N) is 1. The molecular formula is C12H19NO5. The molecule has 0 aromatic carbocycles. The molecule has 1 aliphatic rings. The van der Waals surface area contributed by atoms with E-state index in [1.807, 2.05) is 0 Å². The highest BCUT2D eigenvalue weighted by Crippen LogP contribution is 2.17. The zero-order valence-corrected chi connectivity index (χ0v) is 10.6. The molecule has 6 nitrogen and oxygen atoms in total. The van der Waals surface area contributed by atoms with Gasteiger partial charge in [-0.1, -0.05) is 6.92 Å². The Kier molecular flexibility index (Phi) is 6.53. The van der Waals surface area contributed by atoms with E-state index in [4.69, 9.17) is 9.47 Å². The SMILES string of the molecule is CC1CC(=O)N(CCOCCOCCC=O)C1=O. The minimum atomic E-state index is -0.204. The molecule has 0 saturated carbocycles. The molecule has 1 saturated heterocycles. The summed E-state index contributed by atoms with van der Waals surface area (Å²) < 4.78 is 10.3. The van der Waals surface area contributed by atoms with E-state index in [0.717, 1.165) is 6.29 Å². The number of imide groups is 1. The van der Waals surface area contributed by atoms with Crippen molar-refractivity contribution in [3.63, 3.8) is 0 Å². The lowest BCUT2D eigenvalue weighted by Crippen LogP contribution is -2.33. The van der Waals surface area contributed by atoms with Crippen LogP contribution in [0.5, 0.6) is 0 Å². The maximum atomic E-state index is 11.5. The Morgan fingerprint density at radius 1 is 1.22 bits per heavy atom. The second-order valence-electron chi connectivity index (χ2n) is 4.17. The molecule has 102 valence electrons. The predicted octanol–water partition coefficient (Wildman–Crippen LogP) is 0.00360. The Morgan fingerprint density at radius 3 is 2.44 bits per heavy atom. The van der Waals surface area contributed by atoms with Crippen LogP contribution in [-0.2, 0) is 23.9 Å². The van der Waals surface area contributed by atoms with Crippen molar-refractivity contribution in [2.45, 2.75) is 19.8 Å². The lowest BCUT2D eigenvalue weighted by atomic mass is 10.1. The van der Waals surface area contributed by atoms with Crippen LogP contribution in [0, 0.1) is 5.92 Å². The summed E-state index contributed by atoms with van der Waals surface area (Å²) in [6.07, 6.45) is 1.48. The molecule has 0 aromatic rings. The molecule has 1 rings (SSSR count). The Bertz CT molecular complexity index is 305. The Labute approximate surface area is 106 Å². The van der Waals surface area contributed by atoms with E-state index in [2.05, 4.69) is 0 Å². The first-order valence-electron chi connectivity index (χ1n) is 6.10. The highest BCUT2D eigenvalue weighted by atomic mass is 16.5. The number of hydrogen-bond acceptors (Lipinski definition) is 5. The lowest BCUT2D eigenvalue weighted by Gasteiger charge is -2.14. The van der Waals surface area contributed by atoms with Crippen LogP contribution in [0.2, 0.25) is 0 Å². The van der Waals surface area contributed by atoms with Gasteiger partial charge in [-0.15, -0.1) is 0 Å². The first-order valence-corrected chi connectivity index (χ1v) is 6.10. The van der Waals surface area contributed by atoms with Gasteiger partial charge in [0.25, 0.3) is 0 Å². The summed E-state index contributed by atoms with van der Waals surface area (Å²) in [5, 5.41) is 0. The Balaban J connectivity index is 2.02. The average Bonchev–Trinajstić information content (AvgIpc) is 2.58. The molecule has 0 N–H and O–H groups in total. The molecule has 0 radical (unpaired) electrons. The van der Waals surface area contributed by atoms with Crippen LogP contribution in [0.25, 0.3) is 0 Å². The second kappa shape index (κ2) is 7.94. The standard InChI is InChI=1S/C12H19NO5/c1-10-9-11(15)13(12(10)16)3-6-18-8-7-17-5-2-4-14/h4,10H,2-3,5-9H2,1H3. The Morgan fingerprint density at radius 2 is 1.89 bits per heavy atom. The van der Waals surface area contributed by atoms with Crippen molar-refractivity contribution in [1.29, 1.82) is 0 Å². The zero-order valence-electron chi connectivity index (χ0n) is 10.6. The molecule has 1 aliphatic heterocycles. The van der Waals surface area contributed by atoms with E-state index >= 15 is 0 Å². The van der Waals surface area contributed by atoms with E-state index in [9.17, 15) is 14.4 Å². The van der Waals surface area contributed by atoms with Crippen molar-refractivity contribution in [2.24, 2.45) is 5.92 Å². The topological polar surface area (TPSA) is 72.9 Å². The number of carbonyl (C=O) groups excluding carboxylic acids is 3. The molecule has 1 fully saturated rings. The summed E-state index contributed by atoms with van der Waals surface area (Å²) >= 11 is 0. The number of carbonyl (C=O) groups is 3. The molecule has 1 atom stereocenters. The van der Waals surface area contributed by atoms with Gasteiger partial charge in [0.2, 0.25) is 11.8 Å². The summed E-state index contributed by atoms with van der Waals surface area (Å²) in [6, 6.07) is 0. The quantitative estimate of drug-likeness (QED) is 0.330. The molecule has 1 heterocycles. The van der Waals surface area contributed by atoms with E-state index < -0.39 is 0 Å². The summed E-state index contributed by atoms with van der Waals surface area (Å²) in [7, 11) is 0. The average molecular weight is 257 g/mol. The molecule has 0 aromatic heterocycles. The molecule has 0 spiro atoms. The van der Waals surface area contributed by atoms with Crippen LogP contribution in [0.3, 0.4) is 0 Å². The molecule has 2 amide bonds. The van der Waals surface area contributed by atoms with Gasteiger partial charge >= 0.3 is 0 Å². The number of likely N-dealkylation sites (tertiary alicyclic amines) is 1. The molecule has 1 unspecified atom stereocenters. The number of ether oxygens (including phenoxy) is 2. The van der Waals surface area contributed by atoms with Crippen molar-refractivity contribution in [3.8, 4) is 0 Å². The van der Waals surface area contributed by atoms with Crippen LogP contribution in [0.1, 0.15) is 19.8 Å². The second-order valence-corrected chi connectivity index (χ2v) is 4.17. The van der Waals surface area contributed by atoms with Crippen LogP contribution in [0.15, 0.2) is 0 Å². The maximum absolute atomic E-state index is 11.5. The van der Waals surface area contributed by atoms with Crippen molar-refractivity contribution in [3.05, 3.63) is 0 Å². The van der Waals surface area contributed by atoms with Crippen LogP contribution < -0.4 is 0 Å². The van der Waals surface area contributed by atoms with E-state index in [-0.39, 0.29) is 17.7 Å². The number of amides is 2. The van der Waals surface area contributed by atoms with Gasteiger partial charge in [0.15, 0.2) is 0 Å². The van der Waals surface area contributed by atoms with Gasteiger partial charge in [-0.2, -0.15) is 0 Å². The summed E-state index contributed by atoms with van der Waals surface area (Å²) in [5.74, 6) is -0.451. The summed E-state index contributed by atoms with van der Waals surface area (Å²) in [4.78, 5) is 34.2. The third-order valence-electron chi connectivity index (χ3n) is 2.68. The molecule has 6 heteroatoms. The van der Waals surface area contributed by atoms with Gasteiger partial charge < -0.3 is 14.3 Å². The van der Waals surface area contributed by atoms with Gasteiger partial charge in [-0.3, -0.25) is 14.5 Å². The third kappa shape index (κ3) is 4.54. The summed E-state index contributed by atoms with van der Waals surface area (Å²) in [5.41, 5.74) is 0. The van der Waals surface area contributed by atoms with E-state index in [1.165, 1.54) is 4.90 Å². The highest BCUT2D eigenvalue weighted by Gasteiger charge is 2.34. The number of aldehydes is 1. The minimum Gasteiger partial charge on any atom is -0.379 e. The smallest absolute Gasteiger partial charge is 0.232 e. The lowest BCUT2D eigenvalue weighted by molar-refractivity contribution is -0.140. The first kappa shape index (κ1) is 14.8. The molecule has 18 heavy (non-hydrogen) atoms. The predicted molar refractivity (Wildman–Crippen MR) is 62.8 cm³/mol. The monoisotopic (exact) mass is 257 g/mol. The van der Waals surface area contributed by atoms with Crippen molar-refractivity contribution < 1.29 is 23.9 Å². The van der Waals surface area contributed by atoms with Gasteiger partial charge in [0.05, 0.1) is 33.0 Å². The first-order chi connectivity index (χ1) is 8.66. The van der Waals surface area contributed by atoms with Gasteiger partial charge in [-0.05, 0) is 0 Å². The Hall–Kier alpha value is -1.27. The molecule has 0 aliphatic carbocycles. The van der Waals surface area contributed by atoms with E-state index in [1.54, 1.807) is 6.92 Å². The zero-order chi connectivity index (χ0) is 13.4. The fraction of sp³-hybridized carbons (Fsp3) is 0.750. The minimum absolute atomic E-state index is 0.120. The number of rotatable bonds is 9. The third-order valence-corrected chi connectivity index (χ3v) is 2.68. The van der Waals surface area contributed by atoms with Gasteiger partial charge in [0.1, 0.15) is 6.29 Å². The fourth-order valence-corrected chi connectivity index (χ4v) is 1.69. The molecular weight excluding hydrogens is 238 g/mol. The van der Waals surface area contributed by atoms with Gasteiger partial charge in [0, 0.05) is 18.8 Å². The van der Waals surface area contributed by atoms with Crippen LogP contribution in [-0.4, -0.2) is 56.0 Å². The van der Waals surface area contributed by atoms with Crippen LogP contribution >= 0.6 is 0 Å². The highest BCUT2D eigenvalue weighted by molar-refractivity contribution is 6.03. The normalized spacial score (nSPS) is 19.6. The van der Waals surface area contributed by atoms with Crippen molar-refractivity contribution >= 4 is 18.1 Å². The molecule has 0 bridgehead atoms. The summed E-state index contributed by atoms with van der Waals surface area (Å²) in [6.45, 7) is 3.57.